The molecule has 1 saturated carbocycles. The molecule has 0 saturated heterocycles. The maximum absolute atomic E-state index is 11.4. The highest BCUT2D eigenvalue weighted by atomic mass is 16.1. The van der Waals surface area contributed by atoms with Gasteiger partial charge in [0.1, 0.15) is 0 Å². The lowest BCUT2D eigenvalue weighted by molar-refractivity contribution is -0.116. The minimum absolute atomic E-state index is 0.0156. The number of carbonyl (C=O) groups is 1. The van der Waals surface area contributed by atoms with Crippen LogP contribution in [0.4, 0.5) is 5.82 Å². The summed E-state index contributed by atoms with van der Waals surface area (Å²) in [5.74, 6) is 0.635. The second kappa shape index (κ2) is 4.44. The molecule has 0 aromatic carbocycles. The quantitative estimate of drug-likeness (QED) is 0.741. The van der Waals surface area contributed by atoms with Gasteiger partial charge in [-0.25, -0.2) is 0 Å². The van der Waals surface area contributed by atoms with Crippen LogP contribution in [0.15, 0.2) is 12.3 Å². The van der Waals surface area contributed by atoms with Gasteiger partial charge in [0.15, 0.2) is 5.82 Å². The van der Waals surface area contributed by atoms with Crippen molar-refractivity contribution in [2.45, 2.75) is 25.3 Å². The van der Waals surface area contributed by atoms with E-state index in [9.17, 15) is 4.79 Å². The van der Waals surface area contributed by atoms with Crippen molar-refractivity contribution in [3.63, 3.8) is 0 Å². The number of hydrogen-bond donors (Lipinski definition) is 2. The Morgan fingerprint density at radius 3 is 3.07 bits per heavy atom. The van der Waals surface area contributed by atoms with Crippen molar-refractivity contribution in [3.05, 3.63) is 12.3 Å². The minimum atomic E-state index is 0.0156. The fourth-order valence-corrected chi connectivity index (χ4v) is 1.36. The van der Waals surface area contributed by atoms with E-state index in [0.29, 0.717) is 18.3 Å². The summed E-state index contributed by atoms with van der Waals surface area (Å²) in [4.78, 5) is 11.4. The Morgan fingerprint density at radius 2 is 2.47 bits per heavy atom. The molecule has 1 aliphatic carbocycles. The number of anilines is 1. The Kier molecular flexibility index (Phi) is 3.01. The van der Waals surface area contributed by atoms with Crippen LogP contribution in [-0.2, 0) is 11.8 Å². The molecule has 0 spiro atoms. The molecule has 1 aromatic heterocycles. The van der Waals surface area contributed by atoms with Crippen LogP contribution in [-0.4, -0.2) is 28.3 Å². The van der Waals surface area contributed by atoms with Gasteiger partial charge in [0.2, 0.25) is 5.91 Å². The highest BCUT2D eigenvalue weighted by Crippen LogP contribution is 2.18. The smallest absolute Gasteiger partial charge is 0.226 e. The molecular weight excluding hydrogens is 192 g/mol. The molecule has 1 amide bonds. The molecule has 82 valence electrons. The second-order valence-corrected chi connectivity index (χ2v) is 3.90. The van der Waals surface area contributed by atoms with E-state index in [0.717, 1.165) is 6.54 Å². The first-order chi connectivity index (χ1) is 7.24. The van der Waals surface area contributed by atoms with Gasteiger partial charge in [-0.1, -0.05) is 0 Å². The van der Waals surface area contributed by atoms with Crippen LogP contribution in [0, 0.1) is 0 Å². The van der Waals surface area contributed by atoms with Crippen molar-refractivity contribution in [3.8, 4) is 0 Å². The Bertz CT molecular complexity index is 343. The molecule has 0 bridgehead atoms. The molecule has 0 radical (unpaired) electrons. The zero-order valence-electron chi connectivity index (χ0n) is 8.86. The van der Waals surface area contributed by atoms with E-state index in [4.69, 9.17) is 0 Å². The molecule has 1 heterocycles. The predicted octanol–water partition coefficient (Wildman–Crippen LogP) is 0.501. The van der Waals surface area contributed by atoms with Crippen LogP contribution in [0.2, 0.25) is 0 Å². The number of rotatable bonds is 5. The summed E-state index contributed by atoms with van der Waals surface area (Å²) < 4.78 is 1.66. The molecule has 1 aliphatic rings. The van der Waals surface area contributed by atoms with Crippen LogP contribution in [0.5, 0.6) is 0 Å². The molecule has 0 atom stereocenters. The standard InChI is InChI=1S/C10H16N4O/c1-14-7-5-9(13-14)12-10(15)4-6-11-8-2-3-8/h5,7-8,11H,2-4,6H2,1H3,(H,12,13,15). The third-order valence-corrected chi connectivity index (χ3v) is 2.34. The Morgan fingerprint density at radius 1 is 1.67 bits per heavy atom. The molecule has 0 unspecified atom stereocenters. The number of amides is 1. The molecular formula is C10H16N4O. The lowest BCUT2D eigenvalue weighted by Gasteiger charge is -2.02. The molecule has 1 fully saturated rings. The number of aryl methyl sites for hydroxylation is 1. The summed E-state index contributed by atoms with van der Waals surface area (Å²) >= 11 is 0. The molecule has 5 heteroatoms. The van der Waals surface area contributed by atoms with E-state index in [2.05, 4.69) is 15.7 Å². The third-order valence-electron chi connectivity index (χ3n) is 2.34. The van der Waals surface area contributed by atoms with E-state index >= 15 is 0 Å². The summed E-state index contributed by atoms with van der Waals surface area (Å²) in [5.41, 5.74) is 0. The van der Waals surface area contributed by atoms with Crippen molar-refractivity contribution < 1.29 is 4.79 Å². The lowest BCUT2D eigenvalue weighted by atomic mass is 10.4. The summed E-state index contributed by atoms with van der Waals surface area (Å²) in [6.45, 7) is 0.753. The SMILES string of the molecule is Cn1ccc(NC(=O)CCNC2CC2)n1. The zero-order valence-corrected chi connectivity index (χ0v) is 8.86. The first-order valence-electron chi connectivity index (χ1n) is 5.27. The van der Waals surface area contributed by atoms with Crippen LogP contribution in [0.3, 0.4) is 0 Å². The lowest BCUT2D eigenvalue weighted by Crippen LogP contribution is -2.23. The van der Waals surface area contributed by atoms with E-state index in [1.807, 2.05) is 7.05 Å². The maximum atomic E-state index is 11.4. The van der Waals surface area contributed by atoms with E-state index in [1.54, 1.807) is 16.9 Å². The van der Waals surface area contributed by atoms with Crippen molar-refractivity contribution >= 4 is 11.7 Å². The van der Waals surface area contributed by atoms with Gasteiger partial charge in [-0.2, -0.15) is 5.10 Å². The maximum Gasteiger partial charge on any atom is 0.226 e. The normalized spacial score (nSPS) is 15.3. The number of aromatic nitrogens is 2. The van der Waals surface area contributed by atoms with Crippen molar-refractivity contribution in [1.82, 2.24) is 15.1 Å². The van der Waals surface area contributed by atoms with E-state index in [-0.39, 0.29) is 5.91 Å². The highest BCUT2D eigenvalue weighted by Gasteiger charge is 2.20. The monoisotopic (exact) mass is 208 g/mol. The average Bonchev–Trinajstić information content (AvgIpc) is 2.91. The van der Waals surface area contributed by atoms with Crippen molar-refractivity contribution in [1.29, 1.82) is 0 Å². The van der Waals surface area contributed by atoms with Gasteiger partial charge in [-0.15, -0.1) is 0 Å². The number of hydrogen-bond acceptors (Lipinski definition) is 3. The Hall–Kier alpha value is -1.36. The van der Waals surface area contributed by atoms with Gasteiger partial charge in [0.25, 0.3) is 0 Å². The van der Waals surface area contributed by atoms with Crippen molar-refractivity contribution in [2.75, 3.05) is 11.9 Å². The van der Waals surface area contributed by atoms with E-state index < -0.39 is 0 Å². The molecule has 2 rings (SSSR count). The van der Waals surface area contributed by atoms with Gasteiger partial charge in [0, 0.05) is 38.3 Å². The molecule has 2 N–H and O–H groups in total. The molecule has 5 nitrogen and oxygen atoms in total. The summed E-state index contributed by atoms with van der Waals surface area (Å²) in [6, 6.07) is 2.44. The molecule has 0 aliphatic heterocycles. The third kappa shape index (κ3) is 3.36. The summed E-state index contributed by atoms with van der Waals surface area (Å²) in [5, 5.41) is 10.1. The average molecular weight is 208 g/mol. The van der Waals surface area contributed by atoms with Crippen LogP contribution >= 0.6 is 0 Å². The fraction of sp³-hybridized carbons (Fsp3) is 0.600. The van der Waals surface area contributed by atoms with Gasteiger partial charge in [0.05, 0.1) is 0 Å². The second-order valence-electron chi connectivity index (χ2n) is 3.90. The number of carbonyl (C=O) groups excluding carboxylic acids is 1. The van der Waals surface area contributed by atoms with Gasteiger partial charge >= 0.3 is 0 Å². The first kappa shape index (κ1) is 10.2. The van der Waals surface area contributed by atoms with Crippen LogP contribution in [0.25, 0.3) is 0 Å². The predicted molar refractivity (Wildman–Crippen MR) is 57.5 cm³/mol. The Labute approximate surface area is 88.8 Å². The van der Waals surface area contributed by atoms with Crippen molar-refractivity contribution in [2.24, 2.45) is 7.05 Å². The molecule has 15 heavy (non-hydrogen) atoms. The fourth-order valence-electron chi connectivity index (χ4n) is 1.36. The first-order valence-corrected chi connectivity index (χ1v) is 5.27. The van der Waals surface area contributed by atoms with Gasteiger partial charge in [-0.05, 0) is 12.8 Å². The zero-order chi connectivity index (χ0) is 10.7. The van der Waals surface area contributed by atoms with Gasteiger partial charge in [-0.3, -0.25) is 9.48 Å². The largest absolute Gasteiger partial charge is 0.313 e. The topological polar surface area (TPSA) is 59.0 Å². The number of nitrogens with one attached hydrogen (secondary N) is 2. The highest BCUT2D eigenvalue weighted by molar-refractivity contribution is 5.89. The van der Waals surface area contributed by atoms with Crippen LogP contribution < -0.4 is 10.6 Å². The number of nitrogens with zero attached hydrogens (tertiary/aromatic N) is 2. The summed E-state index contributed by atoms with van der Waals surface area (Å²) in [7, 11) is 1.82. The van der Waals surface area contributed by atoms with Gasteiger partial charge < -0.3 is 10.6 Å². The molecule has 1 aromatic rings. The Balaban J connectivity index is 1.67. The summed E-state index contributed by atoms with van der Waals surface area (Å²) in [6.07, 6.45) is 4.81. The van der Waals surface area contributed by atoms with E-state index in [1.165, 1.54) is 12.8 Å². The van der Waals surface area contributed by atoms with Crippen LogP contribution in [0.1, 0.15) is 19.3 Å². The minimum Gasteiger partial charge on any atom is -0.313 e.